The van der Waals surface area contributed by atoms with E-state index >= 15 is 0 Å². The average molecular weight is 648 g/mol. The Hall–Kier alpha value is -1.77. The Kier molecular flexibility index (Phi) is 9.50. The van der Waals surface area contributed by atoms with Gasteiger partial charge in [0.1, 0.15) is 0 Å². The third-order valence-electron chi connectivity index (χ3n) is 3.58. The molecule has 0 heterocycles. The summed E-state index contributed by atoms with van der Waals surface area (Å²) in [6.07, 6.45) is -66.7. The summed E-state index contributed by atoms with van der Waals surface area (Å²) in [5.74, 6) is -25.2. The highest BCUT2D eigenvalue weighted by Crippen LogP contribution is 2.58. The van der Waals surface area contributed by atoms with Gasteiger partial charge < -0.3 is 5.11 Å². The van der Waals surface area contributed by atoms with Gasteiger partial charge in [0.2, 0.25) is 6.10 Å². The Morgan fingerprint density at radius 1 is 0.436 bits per heavy atom. The van der Waals surface area contributed by atoms with Gasteiger partial charge in [0.25, 0.3) is 6.43 Å². The maximum Gasteiger partial charge on any atom is 0.462 e. The fourth-order valence-corrected chi connectivity index (χ4v) is 1.72. The van der Waals surface area contributed by atoms with E-state index in [1.54, 1.807) is 4.74 Å². The lowest BCUT2D eigenvalue weighted by atomic mass is 10.2. The van der Waals surface area contributed by atoms with Crippen LogP contribution in [0.1, 0.15) is 0 Å². The minimum absolute atomic E-state index is 1.02. The number of rotatable bonds is 11. The second-order valence-electron chi connectivity index (χ2n) is 6.47. The molecule has 0 aromatic heterocycles. The lowest BCUT2D eigenvalue weighted by Gasteiger charge is -2.42. The van der Waals surface area contributed by atoms with Gasteiger partial charge in [0, 0.05) is 0 Å². The summed E-state index contributed by atoms with van der Waals surface area (Å²) in [6.45, 7) is 0. The van der Waals surface area contributed by atoms with Crippen molar-refractivity contribution in [3.05, 3.63) is 0 Å². The first-order chi connectivity index (χ1) is 16.5. The molecule has 1 N–H and O–H groups in total. The smallest absolute Gasteiger partial charge is 0.334 e. The van der Waals surface area contributed by atoms with E-state index < -0.39 is 73.1 Å². The number of hydrogen-bond acceptors (Lipinski definition) is 4. The predicted molar refractivity (Wildman–Crippen MR) is 65.8 cm³/mol. The SMILES string of the molecule is OC(F)(F)C(OC(F)(F)C(F)(OC(F)(F)C(F)(OC(F)(F)C(F)(F)C(F)(F)F)C(F)(F)F)C(F)(F)F)C(F)F. The maximum atomic E-state index is 14.0. The first-order valence-corrected chi connectivity index (χ1v) is 8.01. The van der Waals surface area contributed by atoms with Crippen LogP contribution in [0, 0.1) is 0 Å². The van der Waals surface area contributed by atoms with E-state index in [1.165, 1.54) is 0 Å². The van der Waals surface area contributed by atoms with Gasteiger partial charge in [-0.25, -0.2) is 8.78 Å². The molecule has 0 saturated carbocycles. The standard InChI is InChI=1S/C12H3F23O4/c13-2(14)1(3(15,16)36)37-11(32,33)5(19,8(24,25)26)39-12(34,35)6(20,9(27,28)29)38-10(30,31)4(17,18)7(21,22)23/h1-2,36H. The maximum absolute atomic E-state index is 14.0. The number of ether oxygens (including phenoxy) is 3. The van der Waals surface area contributed by atoms with Crippen molar-refractivity contribution < 1.29 is 120 Å². The summed E-state index contributed by atoms with van der Waals surface area (Å²) in [4.78, 5) is 0. The summed E-state index contributed by atoms with van der Waals surface area (Å²) < 4.78 is 300. The van der Waals surface area contributed by atoms with Gasteiger partial charge in [-0.05, 0) is 0 Å². The van der Waals surface area contributed by atoms with E-state index in [2.05, 4.69) is 0 Å². The number of halogens is 23. The van der Waals surface area contributed by atoms with Crippen LogP contribution in [0.15, 0.2) is 0 Å². The van der Waals surface area contributed by atoms with E-state index in [0.717, 1.165) is 9.47 Å². The molecule has 0 aliphatic rings. The Bertz CT molecular complexity index is 838. The topological polar surface area (TPSA) is 47.9 Å². The minimum Gasteiger partial charge on any atom is -0.334 e. The van der Waals surface area contributed by atoms with Gasteiger partial charge in [0.15, 0.2) is 0 Å². The van der Waals surface area contributed by atoms with Crippen molar-refractivity contribution in [2.24, 2.45) is 0 Å². The quantitative estimate of drug-likeness (QED) is 0.254. The normalized spacial score (nSPS) is 19.6. The third-order valence-corrected chi connectivity index (χ3v) is 3.58. The van der Waals surface area contributed by atoms with Crippen molar-refractivity contribution in [3.8, 4) is 0 Å². The van der Waals surface area contributed by atoms with Gasteiger partial charge >= 0.3 is 60.6 Å². The highest BCUT2D eigenvalue weighted by Gasteiger charge is 2.87. The zero-order valence-corrected chi connectivity index (χ0v) is 16.5. The van der Waals surface area contributed by atoms with Crippen LogP contribution in [0.4, 0.5) is 101 Å². The molecule has 0 bridgehead atoms. The zero-order chi connectivity index (χ0) is 32.3. The van der Waals surface area contributed by atoms with Gasteiger partial charge in [-0.1, -0.05) is 0 Å². The molecule has 39 heavy (non-hydrogen) atoms. The number of hydrogen-bond donors (Lipinski definition) is 1. The summed E-state index contributed by atoms with van der Waals surface area (Å²) in [7, 11) is 0. The van der Waals surface area contributed by atoms with Gasteiger partial charge in [-0.15, -0.1) is 0 Å². The minimum atomic E-state index is -8.64. The van der Waals surface area contributed by atoms with Crippen LogP contribution in [0.25, 0.3) is 0 Å². The Labute approximate surface area is 195 Å². The summed E-state index contributed by atoms with van der Waals surface area (Å²) in [5, 5.41) is 7.88. The van der Waals surface area contributed by atoms with Crippen LogP contribution in [0.2, 0.25) is 0 Å². The molecule has 0 fully saturated rings. The van der Waals surface area contributed by atoms with Gasteiger partial charge in [0.05, 0.1) is 0 Å². The van der Waals surface area contributed by atoms with Gasteiger partial charge in [-0.3, -0.25) is 14.2 Å². The van der Waals surface area contributed by atoms with Crippen LogP contribution in [0.3, 0.4) is 0 Å². The molecule has 0 spiro atoms. The lowest BCUT2D eigenvalue weighted by Crippen LogP contribution is -2.70. The highest BCUT2D eigenvalue weighted by molar-refractivity contribution is 4.97. The van der Waals surface area contributed by atoms with Crippen molar-refractivity contribution in [2.45, 2.75) is 73.1 Å². The van der Waals surface area contributed by atoms with Crippen LogP contribution < -0.4 is 0 Å². The summed E-state index contributed by atoms with van der Waals surface area (Å²) >= 11 is 0. The molecule has 236 valence electrons. The second-order valence-corrected chi connectivity index (χ2v) is 6.47. The molecule has 0 aromatic rings. The molecule has 27 heteroatoms. The molecule has 3 unspecified atom stereocenters. The van der Waals surface area contributed by atoms with Crippen molar-refractivity contribution in [1.29, 1.82) is 0 Å². The molecular formula is C12H3F23O4. The Morgan fingerprint density at radius 3 is 1.00 bits per heavy atom. The van der Waals surface area contributed by atoms with Crippen molar-refractivity contribution >= 4 is 0 Å². The monoisotopic (exact) mass is 648 g/mol. The van der Waals surface area contributed by atoms with Crippen LogP contribution >= 0.6 is 0 Å². The van der Waals surface area contributed by atoms with E-state index in [-0.39, 0.29) is 0 Å². The fourth-order valence-electron chi connectivity index (χ4n) is 1.72. The second kappa shape index (κ2) is 9.95. The molecule has 0 radical (unpaired) electrons. The van der Waals surface area contributed by atoms with Crippen LogP contribution in [-0.4, -0.2) is 78.2 Å². The number of aliphatic hydroxyl groups is 1. The molecule has 4 nitrogen and oxygen atoms in total. The van der Waals surface area contributed by atoms with E-state index in [1.807, 2.05) is 0 Å². The first kappa shape index (κ1) is 37.2. The average Bonchev–Trinajstić information content (AvgIpc) is 2.61. The predicted octanol–water partition coefficient (Wildman–Crippen LogP) is 6.69. The van der Waals surface area contributed by atoms with Gasteiger partial charge in [-0.2, -0.15) is 92.2 Å². The Morgan fingerprint density at radius 2 is 0.744 bits per heavy atom. The molecule has 0 saturated heterocycles. The molecule has 0 aromatic carbocycles. The lowest BCUT2D eigenvalue weighted by molar-refractivity contribution is -0.575. The largest absolute Gasteiger partial charge is 0.462 e. The van der Waals surface area contributed by atoms with E-state index in [4.69, 9.17) is 5.11 Å². The molecule has 0 amide bonds. The van der Waals surface area contributed by atoms with Crippen LogP contribution in [0.5, 0.6) is 0 Å². The molecule has 0 aliphatic heterocycles. The zero-order valence-electron chi connectivity index (χ0n) is 16.5. The number of alkyl halides is 23. The van der Waals surface area contributed by atoms with E-state index in [0.29, 0.717) is 0 Å². The molecule has 3 atom stereocenters. The van der Waals surface area contributed by atoms with Crippen molar-refractivity contribution in [3.63, 3.8) is 0 Å². The third kappa shape index (κ3) is 6.76. The van der Waals surface area contributed by atoms with E-state index in [9.17, 15) is 101 Å². The molecular weight excluding hydrogens is 645 g/mol. The first-order valence-electron chi connectivity index (χ1n) is 8.01. The van der Waals surface area contributed by atoms with Crippen molar-refractivity contribution in [1.82, 2.24) is 0 Å². The molecule has 0 aliphatic carbocycles. The summed E-state index contributed by atoms with van der Waals surface area (Å²) in [5.41, 5.74) is 0. The highest BCUT2D eigenvalue weighted by atomic mass is 19.4. The fraction of sp³-hybridized carbons (Fsp3) is 1.00. The molecule has 0 rings (SSSR count). The Balaban J connectivity index is 7.08. The van der Waals surface area contributed by atoms with Crippen LogP contribution in [-0.2, 0) is 14.2 Å². The summed E-state index contributed by atoms with van der Waals surface area (Å²) in [6, 6.07) is 0. The van der Waals surface area contributed by atoms with Crippen molar-refractivity contribution in [2.75, 3.05) is 0 Å².